The van der Waals surface area contributed by atoms with Crippen molar-refractivity contribution >= 4 is 17.6 Å². The SMILES string of the molecule is N#Cc1ccc(C2=NC3=NC(N)(c4ccccc4C(F)(F)F)C(C(N)=O)=CN3C2)cc1. The third-order valence-electron chi connectivity index (χ3n) is 5.04. The van der Waals surface area contributed by atoms with Crippen LogP contribution in [0.4, 0.5) is 13.2 Å². The van der Waals surface area contributed by atoms with Crippen LogP contribution in [0, 0.1) is 11.3 Å². The molecule has 1 amide bonds. The number of nitrogens with two attached hydrogens (primary N) is 2. The first kappa shape index (κ1) is 20.3. The van der Waals surface area contributed by atoms with Gasteiger partial charge in [-0.25, -0.2) is 9.98 Å². The van der Waals surface area contributed by atoms with E-state index in [2.05, 4.69) is 9.98 Å². The van der Waals surface area contributed by atoms with Gasteiger partial charge in [-0.2, -0.15) is 18.4 Å². The minimum absolute atomic E-state index is 0.0591. The lowest BCUT2D eigenvalue weighted by molar-refractivity contribution is -0.138. The second-order valence-electron chi connectivity index (χ2n) is 7.00. The number of alkyl halides is 3. The summed E-state index contributed by atoms with van der Waals surface area (Å²) in [7, 11) is 0. The van der Waals surface area contributed by atoms with Gasteiger partial charge in [-0.05, 0) is 23.8 Å². The minimum atomic E-state index is -4.71. The number of benzene rings is 2. The molecule has 2 aliphatic rings. The zero-order chi connectivity index (χ0) is 22.4. The van der Waals surface area contributed by atoms with E-state index in [-0.39, 0.29) is 18.1 Å². The molecule has 2 aromatic carbocycles. The first-order valence-electron chi connectivity index (χ1n) is 9.06. The molecule has 1 unspecified atom stereocenters. The number of amides is 1. The Morgan fingerprint density at radius 2 is 1.84 bits per heavy atom. The molecule has 156 valence electrons. The maximum atomic E-state index is 13.6. The Morgan fingerprint density at radius 1 is 1.16 bits per heavy atom. The number of nitrogens with zero attached hydrogens (tertiary/aromatic N) is 4. The molecule has 4 N–H and O–H groups in total. The molecule has 31 heavy (non-hydrogen) atoms. The fourth-order valence-electron chi connectivity index (χ4n) is 3.53. The molecule has 4 rings (SSSR count). The van der Waals surface area contributed by atoms with Crippen LogP contribution in [0.2, 0.25) is 0 Å². The summed E-state index contributed by atoms with van der Waals surface area (Å²) in [5.74, 6) is -0.932. The fourth-order valence-corrected chi connectivity index (χ4v) is 3.53. The van der Waals surface area contributed by atoms with Crippen molar-refractivity contribution in [2.75, 3.05) is 6.54 Å². The van der Waals surface area contributed by atoms with Crippen molar-refractivity contribution in [3.63, 3.8) is 0 Å². The van der Waals surface area contributed by atoms with Gasteiger partial charge in [0.15, 0.2) is 5.66 Å². The highest BCUT2D eigenvalue weighted by Gasteiger charge is 2.46. The molecule has 10 heteroatoms. The van der Waals surface area contributed by atoms with Crippen LogP contribution < -0.4 is 11.5 Å². The predicted octanol–water partition coefficient (Wildman–Crippen LogP) is 2.23. The number of halogens is 3. The first-order chi connectivity index (χ1) is 14.6. The summed E-state index contributed by atoms with van der Waals surface area (Å²) in [6.45, 7) is 0.207. The third-order valence-corrected chi connectivity index (χ3v) is 5.04. The van der Waals surface area contributed by atoms with Crippen LogP contribution in [-0.4, -0.2) is 29.0 Å². The van der Waals surface area contributed by atoms with Gasteiger partial charge in [0, 0.05) is 11.8 Å². The van der Waals surface area contributed by atoms with Gasteiger partial charge in [0.1, 0.15) is 0 Å². The molecular weight excluding hydrogens is 409 g/mol. The van der Waals surface area contributed by atoms with Gasteiger partial charge in [-0.3, -0.25) is 10.5 Å². The average Bonchev–Trinajstić information content (AvgIpc) is 3.15. The van der Waals surface area contributed by atoms with Crippen molar-refractivity contribution < 1.29 is 18.0 Å². The zero-order valence-electron chi connectivity index (χ0n) is 15.9. The Balaban J connectivity index is 1.84. The molecule has 0 spiro atoms. The van der Waals surface area contributed by atoms with Gasteiger partial charge < -0.3 is 10.6 Å². The van der Waals surface area contributed by atoms with Crippen molar-refractivity contribution in [2.45, 2.75) is 11.8 Å². The number of hydrogen-bond acceptors (Lipinski definition) is 6. The van der Waals surface area contributed by atoms with E-state index >= 15 is 0 Å². The Kier molecular flexibility index (Phi) is 4.63. The first-order valence-corrected chi connectivity index (χ1v) is 9.06. The molecule has 0 aromatic heterocycles. The van der Waals surface area contributed by atoms with Gasteiger partial charge in [-0.15, -0.1) is 0 Å². The van der Waals surface area contributed by atoms with E-state index in [9.17, 15) is 18.0 Å². The largest absolute Gasteiger partial charge is 0.416 e. The van der Waals surface area contributed by atoms with Gasteiger partial charge >= 0.3 is 6.18 Å². The number of nitriles is 1. The lowest BCUT2D eigenvalue weighted by Crippen LogP contribution is -2.48. The van der Waals surface area contributed by atoms with Crippen LogP contribution in [0.15, 0.2) is 70.3 Å². The molecule has 2 heterocycles. The minimum Gasteiger partial charge on any atom is -0.366 e. The molecule has 1 atom stereocenters. The van der Waals surface area contributed by atoms with Gasteiger partial charge in [0.25, 0.3) is 0 Å². The molecule has 0 saturated carbocycles. The summed E-state index contributed by atoms with van der Waals surface area (Å²) in [5, 5.41) is 8.94. The molecule has 0 saturated heterocycles. The Morgan fingerprint density at radius 3 is 2.45 bits per heavy atom. The Labute approximate surface area is 174 Å². The normalized spacial score (nSPS) is 20.4. The van der Waals surface area contributed by atoms with E-state index in [4.69, 9.17) is 16.7 Å². The van der Waals surface area contributed by atoms with Crippen molar-refractivity contribution in [2.24, 2.45) is 21.5 Å². The topological polar surface area (TPSA) is 121 Å². The fraction of sp³-hybridized carbons (Fsp3) is 0.143. The number of guanidine groups is 1. The molecule has 0 fully saturated rings. The number of carbonyl (C=O) groups excluding carboxylic acids is 1. The smallest absolute Gasteiger partial charge is 0.366 e. The highest BCUT2D eigenvalue weighted by molar-refractivity contribution is 6.14. The molecule has 7 nitrogen and oxygen atoms in total. The second-order valence-corrected chi connectivity index (χ2v) is 7.00. The van der Waals surface area contributed by atoms with Crippen molar-refractivity contribution in [1.29, 1.82) is 5.26 Å². The van der Waals surface area contributed by atoms with Crippen LogP contribution in [0.3, 0.4) is 0 Å². The highest BCUT2D eigenvalue weighted by atomic mass is 19.4. The van der Waals surface area contributed by atoms with Crippen LogP contribution >= 0.6 is 0 Å². The Hall–Kier alpha value is -3.97. The highest BCUT2D eigenvalue weighted by Crippen LogP contribution is 2.41. The Bertz CT molecular complexity index is 1210. The van der Waals surface area contributed by atoms with E-state index < -0.39 is 28.9 Å². The molecule has 2 aliphatic heterocycles. The molecular formula is C21H15F3N6O. The molecule has 0 bridgehead atoms. The molecule has 2 aromatic rings. The van der Waals surface area contributed by atoms with Crippen LogP contribution in [0.25, 0.3) is 0 Å². The molecule has 0 radical (unpaired) electrons. The summed E-state index contributed by atoms with van der Waals surface area (Å²) >= 11 is 0. The van der Waals surface area contributed by atoms with Crippen molar-refractivity contribution in [3.8, 4) is 6.07 Å². The van der Waals surface area contributed by atoms with E-state index in [1.807, 2.05) is 6.07 Å². The molecule has 0 aliphatic carbocycles. The summed E-state index contributed by atoms with van der Waals surface area (Å²) in [5.41, 5.74) is 9.64. The maximum Gasteiger partial charge on any atom is 0.416 e. The number of hydrogen-bond donors (Lipinski definition) is 2. The monoisotopic (exact) mass is 424 g/mol. The van der Waals surface area contributed by atoms with E-state index in [1.54, 1.807) is 24.3 Å². The number of rotatable bonds is 3. The van der Waals surface area contributed by atoms with E-state index in [1.165, 1.54) is 29.3 Å². The standard InChI is InChI=1S/C21H15F3N6O/c22-21(23,24)15-4-2-1-3-14(15)20(27)16(18(26)31)10-30-11-17(28-19(30)29-20)13-7-5-12(9-25)6-8-13/h1-8,10H,11,27H2,(H2,26,31). The second kappa shape index (κ2) is 7.07. The average molecular weight is 424 g/mol. The zero-order valence-corrected chi connectivity index (χ0v) is 15.9. The summed E-state index contributed by atoms with van der Waals surface area (Å²) in [6.07, 6.45) is -3.42. The number of aliphatic imine (C=N–C) groups is 2. The third kappa shape index (κ3) is 3.45. The number of primary amides is 1. The van der Waals surface area contributed by atoms with E-state index in [0.29, 0.717) is 16.8 Å². The lowest BCUT2D eigenvalue weighted by Gasteiger charge is -2.34. The number of fused-ring (bicyclic) bond motifs is 1. The lowest BCUT2D eigenvalue weighted by atomic mass is 9.87. The predicted molar refractivity (Wildman–Crippen MR) is 106 cm³/mol. The van der Waals surface area contributed by atoms with Gasteiger partial charge in [0.2, 0.25) is 11.9 Å². The summed E-state index contributed by atoms with van der Waals surface area (Å²) in [4.78, 5) is 22.3. The van der Waals surface area contributed by atoms with Crippen molar-refractivity contribution in [3.05, 3.63) is 82.6 Å². The van der Waals surface area contributed by atoms with Gasteiger partial charge in [0.05, 0.1) is 35.0 Å². The quantitative estimate of drug-likeness (QED) is 0.785. The van der Waals surface area contributed by atoms with Crippen LogP contribution in [0.1, 0.15) is 22.3 Å². The summed E-state index contributed by atoms with van der Waals surface area (Å²) < 4.78 is 40.8. The van der Waals surface area contributed by atoms with Crippen LogP contribution in [0.5, 0.6) is 0 Å². The van der Waals surface area contributed by atoms with Gasteiger partial charge in [-0.1, -0.05) is 30.3 Å². The summed E-state index contributed by atoms with van der Waals surface area (Å²) in [6, 6.07) is 13.3. The number of carbonyl (C=O) groups is 1. The van der Waals surface area contributed by atoms with E-state index in [0.717, 1.165) is 6.07 Å². The van der Waals surface area contributed by atoms with Crippen molar-refractivity contribution in [1.82, 2.24) is 4.90 Å². The maximum absolute atomic E-state index is 13.6. The van der Waals surface area contributed by atoms with Crippen LogP contribution in [-0.2, 0) is 16.6 Å².